The van der Waals surface area contributed by atoms with Crippen LogP contribution in [0.3, 0.4) is 0 Å². The van der Waals surface area contributed by atoms with Crippen molar-refractivity contribution in [1.82, 2.24) is 15.3 Å². The number of hydrogen-bond donors (Lipinski definition) is 3. The van der Waals surface area contributed by atoms with E-state index in [0.717, 1.165) is 11.6 Å². The number of urea groups is 1. The number of halogens is 1. The number of carbonyl (C=O) groups is 1. The van der Waals surface area contributed by atoms with Crippen LogP contribution >= 0.6 is 0 Å². The third-order valence-corrected chi connectivity index (χ3v) is 3.54. The second-order valence-electron chi connectivity index (χ2n) is 5.21. The number of benzene rings is 1. The molecule has 3 aromatic rings. The van der Waals surface area contributed by atoms with Gasteiger partial charge in [-0.15, -0.1) is 0 Å². The van der Waals surface area contributed by atoms with Crippen LogP contribution in [0.25, 0.3) is 10.9 Å². The van der Waals surface area contributed by atoms with Crippen LogP contribution in [-0.4, -0.2) is 22.5 Å². The highest BCUT2D eigenvalue weighted by Crippen LogP contribution is 2.12. The lowest BCUT2D eigenvalue weighted by Gasteiger charge is -2.08. The molecule has 3 N–H and O–H groups in total. The molecule has 0 radical (unpaired) electrons. The van der Waals surface area contributed by atoms with Crippen molar-refractivity contribution in [2.24, 2.45) is 0 Å². The molecule has 0 aliphatic heterocycles. The summed E-state index contributed by atoms with van der Waals surface area (Å²) >= 11 is 0. The number of nitrogens with one attached hydrogen (secondary N) is 3. The van der Waals surface area contributed by atoms with E-state index in [-0.39, 0.29) is 11.1 Å². The van der Waals surface area contributed by atoms with E-state index in [9.17, 15) is 14.0 Å². The van der Waals surface area contributed by atoms with Gasteiger partial charge in [0.1, 0.15) is 11.5 Å². The van der Waals surface area contributed by atoms with Crippen LogP contribution in [-0.2, 0) is 6.42 Å². The molecular weight excluding hydrogens is 311 g/mol. The third-order valence-electron chi connectivity index (χ3n) is 3.54. The number of pyridine rings is 2. The van der Waals surface area contributed by atoms with Gasteiger partial charge in [0.05, 0.1) is 5.39 Å². The van der Waals surface area contributed by atoms with Crippen molar-refractivity contribution in [3.8, 4) is 0 Å². The minimum Gasteiger partial charge on any atom is -0.359 e. The molecular formula is C17H15FN4O2. The summed E-state index contributed by atoms with van der Waals surface area (Å²) in [6.07, 6.45) is 5.41. The van der Waals surface area contributed by atoms with Crippen LogP contribution in [0.4, 0.5) is 14.9 Å². The van der Waals surface area contributed by atoms with Gasteiger partial charge < -0.3 is 15.6 Å². The number of hydrogen-bond acceptors (Lipinski definition) is 3. The largest absolute Gasteiger partial charge is 0.359 e. The number of carbonyl (C=O) groups excluding carboxylic acids is 1. The fourth-order valence-corrected chi connectivity index (χ4v) is 2.32. The summed E-state index contributed by atoms with van der Waals surface area (Å²) in [7, 11) is 0. The first-order valence-corrected chi connectivity index (χ1v) is 7.38. The zero-order chi connectivity index (χ0) is 16.9. The lowest BCUT2D eigenvalue weighted by molar-refractivity contribution is 0.252. The molecule has 0 aliphatic carbocycles. The Morgan fingerprint density at radius 3 is 2.79 bits per heavy atom. The SMILES string of the molecule is O=C(NCCc1ccncc1)Nc1c[nH]c2ccc(F)cc2c1=O. The van der Waals surface area contributed by atoms with Crippen molar-refractivity contribution < 1.29 is 9.18 Å². The maximum atomic E-state index is 13.3. The second-order valence-corrected chi connectivity index (χ2v) is 5.21. The first-order valence-electron chi connectivity index (χ1n) is 7.38. The van der Waals surface area contributed by atoms with E-state index in [1.165, 1.54) is 18.3 Å². The minimum atomic E-state index is -0.507. The topological polar surface area (TPSA) is 86.9 Å². The average Bonchev–Trinajstić information content (AvgIpc) is 2.59. The van der Waals surface area contributed by atoms with Crippen LogP contribution in [0.2, 0.25) is 0 Å². The lowest BCUT2D eigenvalue weighted by atomic mass is 10.2. The molecule has 2 amide bonds. The minimum absolute atomic E-state index is 0.0644. The van der Waals surface area contributed by atoms with E-state index in [2.05, 4.69) is 20.6 Å². The lowest BCUT2D eigenvalue weighted by Crippen LogP contribution is -2.32. The fraction of sp³-hybridized carbons (Fsp3) is 0.118. The van der Waals surface area contributed by atoms with Crippen LogP contribution in [0.1, 0.15) is 5.56 Å². The van der Waals surface area contributed by atoms with Gasteiger partial charge in [0.25, 0.3) is 0 Å². The average molecular weight is 326 g/mol. The van der Waals surface area contributed by atoms with Crippen molar-refractivity contribution in [3.05, 3.63) is 70.5 Å². The van der Waals surface area contributed by atoms with Gasteiger partial charge in [0.2, 0.25) is 5.43 Å². The van der Waals surface area contributed by atoms with Gasteiger partial charge >= 0.3 is 6.03 Å². The number of anilines is 1. The van der Waals surface area contributed by atoms with Crippen molar-refractivity contribution in [3.63, 3.8) is 0 Å². The zero-order valence-electron chi connectivity index (χ0n) is 12.7. The van der Waals surface area contributed by atoms with E-state index in [1.807, 2.05) is 12.1 Å². The summed E-state index contributed by atoms with van der Waals surface area (Å²) < 4.78 is 13.3. The Morgan fingerprint density at radius 1 is 1.21 bits per heavy atom. The van der Waals surface area contributed by atoms with Gasteiger partial charge in [-0.3, -0.25) is 9.78 Å². The number of aromatic nitrogens is 2. The highest BCUT2D eigenvalue weighted by atomic mass is 19.1. The Balaban J connectivity index is 1.65. The van der Waals surface area contributed by atoms with Crippen LogP contribution < -0.4 is 16.1 Å². The molecule has 0 fully saturated rings. The molecule has 3 rings (SSSR count). The number of H-pyrrole nitrogens is 1. The smallest absolute Gasteiger partial charge is 0.319 e. The molecule has 0 atom stereocenters. The monoisotopic (exact) mass is 326 g/mol. The fourth-order valence-electron chi connectivity index (χ4n) is 2.32. The zero-order valence-corrected chi connectivity index (χ0v) is 12.7. The summed E-state index contributed by atoms with van der Waals surface area (Å²) in [4.78, 5) is 31.0. The standard InChI is InChI=1S/C17H15FN4O2/c18-12-1-2-14-13(9-12)16(23)15(10-21-14)22-17(24)20-8-5-11-3-6-19-7-4-11/h1-4,6-7,9-10H,5,8H2,(H,21,23)(H2,20,22,24). The maximum absolute atomic E-state index is 13.3. The van der Waals surface area contributed by atoms with Crippen LogP contribution in [0.15, 0.2) is 53.7 Å². The molecule has 2 heterocycles. The Kier molecular flexibility index (Phi) is 4.51. The normalized spacial score (nSPS) is 10.5. The summed E-state index contributed by atoms with van der Waals surface area (Å²) in [5, 5.41) is 5.33. The maximum Gasteiger partial charge on any atom is 0.319 e. The third kappa shape index (κ3) is 3.57. The molecule has 0 saturated carbocycles. The van der Waals surface area contributed by atoms with Gasteiger partial charge in [-0.1, -0.05) is 0 Å². The molecule has 122 valence electrons. The number of rotatable bonds is 4. The number of aromatic amines is 1. The summed E-state index contributed by atoms with van der Waals surface area (Å²) in [6, 6.07) is 7.11. The van der Waals surface area contributed by atoms with Gasteiger partial charge in [-0.05, 0) is 42.3 Å². The first-order chi connectivity index (χ1) is 11.6. The summed E-state index contributed by atoms with van der Waals surface area (Å²) in [6.45, 7) is 0.413. The quantitative estimate of drug-likeness (QED) is 0.688. The van der Waals surface area contributed by atoms with E-state index < -0.39 is 17.3 Å². The van der Waals surface area contributed by atoms with E-state index in [1.54, 1.807) is 12.4 Å². The van der Waals surface area contributed by atoms with Crippen molar-refractivity contribution >= 4 is 22.6 Å². The number of amides is 2. The highest BCUT2D eigenvalue weighted by molar-refractivity contribution is 5.91. The second kappa shape index (κ2) is 6.91. The predicted octanol–water partition coefficient (Wildman–Crippen LogP) is 2.43. The molecule has 0 aliphatic rings. The predicted molar refractivity (Wildman–Crippen MR) is 89.5 cm³/mol. The Bertz CT molecular complexity index is 925. The number of nitrogens with zero attached hydrogens (tertiary/aromatic N) is 1. The molecule has 7 heteroatoms. The molecule has 0 saturated heterocycles. The molecule has 0 bridgehead atoms. The molecule has 1 aromatic carbocycles. The summed E-state index contributed by atoms with van der Waals surface area (Å²) in [5.74, 6) is -0.507. The molecule has 6 nitrogen and oxygen atoms in total. The van der Waals surface area contributed by atoms with E-state index >= 15 is 0 Å². The summed E-state index contributed by atoms with van der Waals surface area (Å²) in [5.41, 5.74) is 1.18. The van der Waals surface area contributed by atoms with Gasteiger partial charge in [-0.2, -0.15) is 0 Å². The van der Waals surface area contributed by atoms with Gasteiger partial charge in [0, 0.05) is 30.7 Å². The van der Waals surface area contributed by atoms with Gasteiger partial charge in [0.15, 0.2) is 0 Å². The van der Waals surface area contributed by atoms with Gasteiger partial charge in [-0.25, -0.2) is 9.18 Å². The van der Waals surface area contributed by atoms with Crippen molar-refractivity contribution in [2.45, 2.75) is 6.42 Å². The molecule has 2 aromatic heterocycles. The van der Waals surface area contributed by atoms with E-state index in [0.29, 0.717) is 18.5 Å². The van der Waals surface area contributed by atoms with Crippen LogP contribution in [0.5, 0.6) is 0 Å². The van der Waals surface area contributed by atoms with Crippen molar-refractivity contribution in [2.75, 3.05) is 11.9 Å². The highest BCUT2D eigenvalue weighted by Gasteiger charge is 2.09. The molecule has 0 unspecified atom stereocenters. The van der Waals surface area contributed by atoms with Crippen molar-refractivity contribution in [1.29, 1.82) is 0 Å². The molecule has 0 spiro atoms. The number of fused-ring (bicyclic) bond motifs is 1. The Hall–Kier alpha value is -3.22. The first kappa shape index (κ1) is 15.7. The van der Waals surface area contributed by atoms with E-state index in [4.69, 9.17) is 0 Å². The Labute approximate surface area is 136 Å². The Morgan fingerprint density at radius 2 is 2.00 bits per heavy atom. The molecule has 24 heavy (non-hydrogen) atoms. The van der Waals surface area contributed by atoms with Crippen LogP contribution in [0, 0.1) is 5.82 Å².